The molecule has 106 valence electrons. The Hall–Kier alpha value is -1.35. The number of benzene rings is 1. The molecule has 0 aliphatic heterocycles. The monoisotopic (exact) mass is 262 g/mol. The SMILES string of the molecule is CCC(C(=O)NC(C)(CN)C(C)C)c1ccccc1. The molecule has 2 unspecified atom stereocenters. The zero-order valence-electron chi connectivity index (χ0n) is 12.4. The highest BCUT2D eigenvalue weighted by atomic mass is 16.2. The lowest BCUT2D eigenvalue weighted by molar-refractivity contribution is -0.124. The van der Waals surface area contributed by atoms with E-state index in [9.17, 15) is 4.79 Å². The first-order chi connectivity index (χ1) is 8.94. The zero-order chi connectivity index (χ0) is 14.5. The van der Waals surface area contributed by atoms with E-state index in [0.717, 1.165) is 12.0 Å². The summed E-state index contributed by atoms with van der Waals surface area (Å²) in [5.74, 6) is 0.260. The summed E-state index contributed by atoms with van der Waals surface area (Å²) in [6.07, 6.45) is 0.786. The van der Waals surface area contributed by atoms with Crippen molar-refractivity contribution in [3.63, 3.8) is 0 Å². The Balaban J connectivity index is 2.86. The Morgan fingerprint density at radius 2 is 1.89 bits per heavy atom. The lowest BCUT2D eigenvalue weighted by Gasteiger charge is -2.35. The molecule has 0 bridgehead atoms. The fourth-order valence-electron chi connectivity index (χ4n) is 2.06. The van der Waals surface area contributed by atoms with Crippen molar-refractivity contribution < 1.29 is 4.79 Å². The van der Waals surface area contributed by atoms with E-state index < -0.39 is 0 Å². The molecule has 1 aromatic rings. The largest absolute Gasteiger partial charge is 0.349 e. The number of nitrogens with two attached hydrogens (primary N) is 1. The standard InChI is InChI=1S/C16H26N2O/c1-5-14(13-9-7-6-8-10-13)15(19)18-16(4,11-17)12(2)3/h6-10,12,14H,5,11,17H2,1-4H3,(H,18,19). The van der Waals surface area contributed by atoms with E-state index >= 15 is 0 Å². The maximum Gasteiger partial charge on any atom is 0.228 e. The Morgan fingerprint density at radius 1 is 1.32 bits per heavy atom. The third kappa shape index (κ3) is 3.80. The summed E-state index contributed by atoms with van der Waals surface area (Å²) in [5.41, 5.74) is 6.53. The lowest BCUT2D eigenvalue weighted by atomic mass is 9.86. The molecule has 0 spiro atoms. The van der Waals surface area contributed by atoms with Crippen LogP contribution in [0.3, 0.4) is 0 Å². The molecule has 19 heavy (non-hydrogen) atoms. The van der Waals surface area contributed by atoms with Gasteiger partial charge in [-0.15, -0.1) is 0 Å². The summed E-state index contributed by atoms with van der Waals surface area (Å²) in [5, 5.41) is 3.13. The van der Waals surface area contributed by atoms with Crippen molar-refractivity contribution in [1.82, 2.24) is 5.32 Å². The summed E-state index contributed by atoms with van der Waals surface area (Å²) in [7, 11) is 0. The minimum atomic E-state index is -0.348. The Bertz CT molecular complexity index is 402. The molecule has 2 atom stereocenters. The third-order valence-electron chi connectivity index (χ3n) is 4.03. The van der Waals surface area contributed by atoms with E-state index in [2.05, 4.69) is 19.2 Å². The van der Waals surface area contributed by atoms with E-state index in [-0.39, 0.29) is 17.4 Å². The summed E-state index contributed by atoms with van der Waals surface area (Å²) < 4.78 is 0. The maximum atomic E-state index is 12.5. The first kappa shape index (κ1) is 15.7. The van der Waals surface area contributed by atoms with Gasteiger partial charge in [0.15, 0.2) is 0 Å². The topological polar surface area (TPSA) is 55.1 Å². The van der Waals surface area contributed by atoms with Crippen molar-refractivity contribution >= 4 is 5.91 Å². The molecular weight excluding hydrogens is 236 g/mol. The molecule has 0 saturated carbocycles. The second-order valence-electron chi connectivity index (χ2n) is 5.64. The number of carbonyl (C=O) groups is 1. The number of hydrogen-bond acceptors (Lipinski definition) is 2. The van der Waals surface area contributed by atoms with E-state index in [1.165, 1.54) is 0 Å². The fraction of sp³-hybridized carbons (Fsp3) is 0.562. The van der Waals surface area contributed by atoms with E-state index in [1.807, 2.05) is 44.2 Å². The normalized spacial score (nSPS) is 15.9. The van der Waals surface area contributed by atoms with Gasteiger partial charge in [-0.2, -0.15) is 0 Å². The van der Waals surface area contributed by atoms with Gasteiger partial charge in [0.1, 0.15) is 0 Å². The summed E-state index contributed by atoms with van der Waals surface area (Å²) in [6, 6.07) is 9.91. The van der Waals surface area contributed by atoms with Crippen LogP contribution in [0.5, 0.6) is 0 Å². The van der Waals surface area contributed by atoms with Crippen LogP contribution < -0.4 is 11.1 Å². The number of hydrogen-bond donors (Lipinski definition) is 2. The van der Waals surface area contributed by atoms with E-state index in [1.54, 1.807) is 0 Å². The van der Waals surface area contributed by atoms with E-state index in [4.69, 9.17) is 5.73 Å². The molecule has 0 aromatic heterocycles. The van der Waals surface area contributed by atoms with Gasteiger partial charge in [0.25, 0.3) is 0 Å². The molecule has 1 amide bonds. The van der Waals surface area contributed by atoms with Gasteiger partial charge in [-0.1, -0.05) is 51.1 Å². The fourth-order valence-corrected chi connectivity index (χ4v) is 2.06. The molecule has 0 aliphatic rings. The molecule has 0 aliphatic carbocycles. The molecule has 1 rings (SSSR count). The first-order valence-corrected chi connectivity index (χ1v) is 7.01. The minimum Gasteiger partial charge on any atom is -0.349 e. The van der Waals surface area contributed by atoms with Crippen molar-refractivity contribution in [3.05, 3.63) is 35.9 Å². The van der Waals surface area contributed by atoms with Gasteiger partial charge in [-0.25, -0.2) is 0 Å². The van der Waals surface area contributed by atoms with Gasteiger partial charge in [0.05, 0.1) is 11.5 Å². The predicted octanol–water partition coefficient (Wildman–Crippen LogP) is 2.67. The predicted molar refractivity (Wildman–Crippen MR) is 79.9 cm³/mol. The molecule has 1 aromatic carbocycles. The van der Waals surface area contributed by atoms with Crippen LogP contribution >= 0.6 is 0 Å². The van der Waals surface area contributed by atoms with Crippen molar-refractivity contribution in [2.75, 3.05) is 6.54 Å². The average Bonchev–Trinajstić information content (AvgIpc) is 2.40. The maximum absolute atomic E-state index is 12.5. The number of carbonyl (C=O) groups excluding carboxylic acids is 1. The number of nitrogens with one attached hydrogen (secondary N) is 1. The van der Waals surface area contributed by atoms with Crippen LogP contribution in [0.2, 0.25) is 0 Å². The van der Waals surface area contributed by atoms with Crippen LogP contribution in [0.1, 0.15) is 45.6 Å². The summed E-state index contributed by atoms with van der Waals surface area (Å²) in [4.78, 5) is 12.5. The zero-order valence-corrected chi connectivity index (χ0v) is 12.4. The highest BCUT2D eigenvalue weighted by Gasteiger charge is 2.31. The smallest absolute Gasteiger partial charge is 0.228 e. The highest BCUT2D eigenvalue weighted by molar-refractivity contribution is 5.84. The second-order valence-corrected chi connectivity index (χ2v) is 5.64. The van der Waals surface area contributed by atoms with Crippen LogP contribution in [-0.2, 0) is 4.79 Å². The van der Waals surface area contributed by atoms with Crippen molar-refractivity contribution in [1.29, 1.82) is 0 Å². The average molecular weight is 262 g/mol. The van der Waals surface area contributed by atoms with Gasteiger partial charge in [0.2, 0.25) is 5.91 Å². The van der Waals surface area contributed by atoms with Crippen molar-refractivity contribution in [2.24, 2.45) is 11.7 Å². The van der Waals surface area contributed by atoms with Gasteiger partial charge < -0.3 is 11.1 Å². The molecule has 0 radical (unpaired) electrons. The van der Waals surface area contributed by atoms with Gasteiger partial charge in [0, 0.05) is 6.54 Å². The van der Waals surface area contributed by atoms with Gasteiger partial charge >= 0.3 is 0 Å². The second kappa shape index (κ2) is 6.71. The van der Waals surface area contributed by atoms with Gasteiger partial charge in [-0.05, 0) is 24.8 Å². The Kier molecular flexibility index (Phi) is 5.55. The summed E-state index contributed by atoms with van der Waals surface area (Å²) in [6.45, 7) is 8.65. The summed E-state index contributed by atoms with van der Waals surface area (Å²) >= 11 is 0. The van der Waals surface area contributed by atoms with Crippen LogP contribution in [0.15, 0.2) is 30.3 Å². The number of amides is 1. The molecule has 3 heteroatoms. The molecule has 0 fully saturated rings. The Morgan fingerprint density at radius 3 is 2.32 bits per heavy atom. The lowest BCUT2D eigenvalue weighted by Crippen LogP contribution is -2.56. The minimum absolute atomic E-state index is 0.0651. The molecule has 3 N–H and O–H groups in total. The van der Waals surface area contributed by atoms with Gasteiger partial charge in [-0.3, -0.25) is 4.79 Å². The van der Waals surface area contributed by atoms with Crippen molar-refractivity contribution in [2.45, 2.75) is 45.6 Å². The van der Waals surface area contributed by atoms with E-state index in [0.29, 0.717) is 12.5 Å². The van der Waals surface area contributed by atoms with Crippen LogP contribution in [0, 0.1) is 5.92 Å². The first-order valence-electron chi connectivity index (χ1n) is 7.01. The highest BCUT2D eigenvalue weighted by Crippen LogP contribution is 2.22. The van der Waals surface area contributed by atoms with Crippen LogP contribution in [-0.4, -0.2) is 18.0 Å². The van der Waals surface area contributed by atoms with Crippen molar-refractivity contribution in [3.8, 4) is 0 Å². The quantitative estimate of drug-likeness (QED) is 0.828. The third-order valence-corrected chi connectivity index (χ3v) is 4.03. The molecule has 3 nitrogen and oxygen atoms in total. The van der Waals surface area contributed by atoms with Crippen LogP contribution in [0.25, 0.3) is 0 Å². The molecule has 0 heterocycles. The molecular formula is C16H26N2O. The van der Waals surface area contributed by atoms with Crippen LogP contribution in [0.4, 0.5) is 0 Å². The number of rotatable bonds is 6. The Labute approximate surface area is 116 Å². The molecule has 0 saturated heterocycles.